The predicted molar refractivity (Wildman–Crippen MR) is 69.9 cm³/mol. The molecule has 0 saturated heterocycles. The third kappa shape index (κ3) is 3.50. The minimum atomic E-state index is -0.992. The second-order valence-corrected chi connectivity index (χ2v) is 5.84. The molecule has 1 heterocycles. The van der Waals surface area contributed by atoms with Gasteiger partial charge in [0, 0.05) is 0 Å². The van der Waals surface area contributed by atoms with Crippen LogP contribution in [-0.2, 0) is 10.4 Å². The van der Waals surface area contributed by atoms with Gasteiger partial charge in [-0.2, -0.15) is 23.1 Å². The fourth-order valence-electron chi connectivity index (χ4n) is 1.18. The number of carbonyl (C=O) groups excluding carboxylic acids is 1. The molecule has 90 valence electrons. The van der Waals surface area contributed by atoms with Crippen LogP contribution >= 0.6 is 23.1 Å². The molecule has 1 aromatic rings. The Morgan fingerprint density at radius 2 is 2.44 bits per heavy atom. The molecule has 0 aliphatic carbocycles. The zero-order chi connectivity index (χ0) is 12.2. The molecule has 0 radical (unpaired) electrons. The quantitative estimate of drug-likeness (QED) is 0.848. The summed E-state index contributed by atoms with van der Waals surface area (Å²) < 4.78 is 0. The molecule has 0 spiro atoms. The van der Waals surface area contributed by atoms with Crippen molar-refractivity contribution in [1.29, 1.82) is 0 Å². The van der Waals surface area contributed by atoms with Crippen molar-refractivity contribution in [3.05, 3.63) is 22.4 Å². The zero-order valence-electron chi connectivity index (χ0n) is 9.69. The second-order valence-electron chi connectivity index (χ2n) is 3.88. The first-order valence-electron chi connectivity index (χ1n) is 5.03. The van der Waals surface area contributed by atoms with Crippen LogP contribution in [0.3, 0.4) is 0 Å². The van der Waals surface area contributed by atoms with Gasteiger partial charge in [0.05, 0.1) is 11.8 Å². The maximum atomic E-state index is 11.5. The lowest BCUT2D eigenvalue weighted by molar-refractivity contribution is -0.121. The maximum absolute atomic E-state index is 11.5. The molecule has 2 N–H and O–H groups in total. The van der Waals surface area contributed by atoms with Crippen LogP contribution in [0.25, 0.3) is 0 Å². The lowest BCUT2D eigenvalue weighted by atomic mass is 9.99. The number of thiophene rings is 1. The molecule has 16 heavy (non-hydrogen) atoms. The summed E-state index contributed by atoms with van der Waals surface area (Å²) in [6, 6.07) is 1.87. The van der Waals surface area contributed by atoms with Crippen molar-refractivity contribution < 1.29 is 9.90 Å². The Hall–Kier alpha value is -0.520. The molecular weight excluding hydrogens is 242 g/mol. The molecule has 0 bridgehead atoms. The smallest absolute Gasteiger partial charge is 0.232 e. The fraction of sp³-hybridized carbons (Fsp3) is 0.545. The van der Waals surface area contributed by atoms with Gasteiger partial charge >= 0.3 is 0 Å². The Balaban J connectivity index is 2.52. The molecule has 2 unspecified atom stereocenters. The van der Waals surface area contributed by atoms with Crippen molar-refractivity contribution in [3.63, 3.8) is 0 Å². The first-order chi connectivity index (χ1) is 7.47. The monoisotopic (exact) mass is 259 g/mol. The maximum Gasteiger partial charge on any atom is 0.232 e. The molecular formula is C11H17NO2S2. The van der Waals surface area contributed by atoms with Gasteiger partial charge < -0.3 is 10.4 Å². The van der Waals surface area contributed by atoms with Crippen molar-refractivity contribution in [1.82, 2.24) is 5.32 Å². The number of hydrogen-bond acceptors (Lipinski definition) is 4. The Bertz CT molecular complexity index is 336. The average molecular weight is 259 g/mol. The van der Waals surface area contributed by atoms with Crippen LogP contribution in [0, 0.1) is 0 Å². The summed E-state index contributed by atoms with van der Waals surface area (Å²) in [5, 5.41) is 16.6. The molecule has 0 aliphatic heterocycles. The van der Waals surface area contributed by atoms with E-state index in [2.05, 4.69) is 5.32 Å². The minimum absolute atomic E-state index is 0.0389. The van der Waals surface area contributed by atoms with E-state index in [1.165, 1.54) is 23.1 Å². The molecule has 0 saturated carbocycles. The van der Waals surface area contributed by atoms with E-state index in [9.17, 15) is 9.90 Å². The van der Waals surface area contributed by atoms with Gasteiger partial charge in [0.1, 0.15) is 5.60 Å². The number of amides is 1. The van der Waals surface area contributed by atoms with E-state index in [4.69, 9.17) is 0 Å². The van der Waals surface area contributed by atoms with Crippen molar-refractivity contribution in [2.75, 3.05) is 12.8 Å². The molecule has 5 heteroatoms. The summed E-state index contributed by atoms with van der Waals surface area (Å²) in [5.74, 6) is -0.0389. The second kappa shape index (κ2) is 5.70. The average Bonchev–Trinajstić information content (AvgIpc) is 2.78. The van der Waals surface area contributed by atoms with E-state index in [1.807, 2.05) is 30.0 Å². The highest BCUT2D eigenvalue weighted by Crippen LogP contribution is 2.22. The Morgan fingerprint density at radius 3 is 2.94 bits per heavy atom. The standard InChI is InChI=1S/C11H17NO2S2/c1-8(15-3)10(13)12-7-11(2,14)9-4-5-16-6-9/h4-6,8,14H,7H2,1-3H3,(H,12,13). The van der Waals surface area contributed by atoms with Gasteiger partial charge in [-0.15, -0.1) is 0 Å². The van der Waals surface area contributed by atoms with E-state index in [-0.39, 0.29) is 17.7 Å². The molecule has 0 aliphatic rings. The van der Waals surface area contributed by atoms with Gasteiger partial charge in [0.15, 0.2) is 0 Å². The van der Waals surface area contributed by atoms with E-state index >= 15 is 0 Å². The topological polar surface area (TPSA) is 49.3 Å². The highest BCUT2D eigenvalue weighted by Gasteiger charge is 2.25. The van der Waals surface area contributed by atoms with Crippen molar-refractivity contribution >= 4 is 29.0 Å². The zero-order valence-corrected chi connectivity index (χ0v) is 11.3. The van der Waals surface area contributed by atoms with E-state index in [1.54, 1.807) is 6.92 Å². The van der Waals surface area contributed by atoms with Gasteiger partial charge in [-0.05, 0) is 42.5 Å². The van der Waals surface area contributed by atoms with Gasteiger partial charge in [-0.3, -0.25) is 4.79 Å². The SMILES string of the molecule is CSC(C)C(=O)NCC(C)(O)c1ccsc1. The number of carbonyl (C=O) groups is 1. The lowest BCUT2D eigenvalue weighted by Gasteiger charge is -2.23. The van der Waals surface area contributed by atoms with Crippen LogP contribution in [0.1, 0.15) is 19.4 Å². The predicted octanol–water partition coefficient (Wildman–Crippen LogP) is 1.82. The first-order valence-corrected chi connectivity index (χ1v) is 7.26. The first kappa shape index (κ1) is 13.5. The van der Waals surface area contributed by atoms with E-state index in [0.29, 0.717) is 0 Å². The van der Waals surface area contributed by atoms with Crippen LogP contribution in [-0.4, -0.2) is 29.1 Å². The molecule has 2 atom stereocenters. The van der Waals surface area contributed by atoms with Crippen molar-refractivity contribution in [2.45, 2.75) is 24.7 Å². The summed E-state index contributed by atoms with van der Waals surface area (Å²) >= 11 is 3.02. The summed E-state index contributed by atoms with van der Waals surface area (Å²) in [6.45, 7) is 3.80. The van der Waals surface area contributed by atoms with Gasteiger partial charge in [-0.1, -0.05) is 0 Å². The lowest BCUT2D eigenvalue weighted by Crippen LogP contribution is -2.41. The van der Waals surface area contributed by atoms with Gasteiger partial charge in [-0.25, -0.2) is 0 Å². The largest absolute Gasteiger partial charge is 0.384 e. The summed E-state index contributed by atoms with van der Waals surface area (Å²) in [4.78, 5) is 11.5. The van der Waals surface area contributed by atoms with Crippen molar-refractivity contribution in [2.24, 2.45) is 0 Å². The fourth-order valence-corrected chi connectivity index (χ4v) is 2.26. The molecule has 0 aromatic carbocycles. The summed E-state index contributed by atoms with van der Waals surface area (Å²) in [5.41, 5.74) is -0.150. The number of nitrogens with one attached hydrogen (secondary N) is 1. The molecule has 3 nitrogen and oxygen atoms in total. The number of thioether (sulfide) groups is 1. The van der Waals surface area contributed by atoms with Gasteiger partial charge in [0.25, 0.3) is 0 Å². The molecule has 1 rings (SSSR count). The van der Waals surface area contributed by atoms with Crippen LogP contribution in [0.2, 0.25) is 0 Å². The molecule has 0 fully saturated rings. The Morgan fingerprint density at radius 1 is 1.75 bits per heavy atom. The minimum Gasteiger partial charge on any atom is -0.384 e. The highest BCUT2D eigenvalue weighted by atomic mass is 32.2. The third-order valence-electron chi connectivity index (χ3n) is 2.47. The molecule has 1 aromatic heterocycles. The van der Waals surface area contributed by atoms with Crippen LogP contribution < -0.4 is 5.32 Å². The number of rotatable bonds is 5. The third-order valence-corrected chi connectivity index (χ3v) is 4.08. The summed E-state index contributed by atoms with van der Waals surface area (Å²) in [7, 11) is 0. The Kier molecular flexibility index (Phi) is 4.83. The summed E-state index contributed by atoms with van der Waals surface area (Å²) in [6.07, 6.45) is 1.89. The van der Waals surface area contributed by atoms with Gasteiger partial charge in [0.2, 0.25) is 5.91 Å². The van der Waals surface area contributed by atoms with Crippen LogP contribution in [0.5, 0.6) is 0 Å². The Labute approximate surface area is 104 Å². The van der Waals surface area contributed by atoms with Crippen LogP contribution in [0.15, 0.2) is 16.8 Å². The number of aliphatic hydroxyl groups is 1. The number of hydrogen-bond donors (Lipinski definition) is 2. The highest BCUT2D eigenvalue weighted by molar-refractivity contribution is 7.99. The van der Waals surface area contributed by atoms with E-state index < -0.39 is 5.60 Å². The normalized spacial score (nSPS) is 16.5. The van der Waals surface area contributed by atoms with E-state index in [0.717, 1.165) is 5.56 Å². The van der Waals surface area contributed by atoms with Crippen LogP contribution in [0.4, 0.5) is 0 Å². The molecule has 1 amide bonds. The van der Waals surface area contributed by atoms with Crippen molar-refractivity contribution in [3.8, 4) is 0 Å².